The van der Waals surface area contributed by atoms with Gasteiger partial charge in [0.15, 0.2) is 0 Å². The van der Waals surface area contributed by atoms with Crippen LogP contribution in [0, 0.1) is 11.3 Å². The van der Waals surface area contributed by atoms with E-state index in [0.717, 1.165) is 10.9 Å². The summed E-state index contributed by atoms with van der Waals surface area (Å²) in [5, 5.41) is 12.8. The zero-order valence-corrected chi connectivity index (χ0v) is 10.3. The predicted molar refractivity (Wildman–Crippen MR) is 65.1 cm³/mol. The van der Waals surface area contributed by atoms with Gasteiger partial charge in [0.2, 0.25) is 0 Å². The smallest absolute Gasteiger partial charge is 0.308 e. The van der Waals surface area contributed by atoms with E-state index in [2.05, 4.69) is 5.10 Å². The average Bonchev–Trinajstić information content (AvgIpc) is 2.88. The Balaban J connectivity index is 2.28. The third-order valence-electron chi connectivity index (χ3n) is 2.86. The molecule has 1 aromatic carbocycles. The van der Waals surface area contributed by atoms with Crippen molar-refractivity contribution < 1.29 is 13.2 Å². The first-order chi connectivity index (χ1) is 9.35. The van der Waals surface area contributed by atoms with Crippen LogP contribution in [0.2, 0.25) is 0 Å². The highest BCUT2D eigenvalue weighted by molar-refractivity contribution is 5.30. The van der Waals surface area contributed by atoms with E-state index in [0.29, 0.717) is 11.8 Å². The lowest BCUT2D eigenvalue weighted by molar-refractivity contribution is -0.137. The Bertz CT molecular complexity index is 627. The summed E-state index contributed by atoms with van der Waals surface area (Å²) in [6.45, 7) is -0.163. The number of nitrogens with zero attached hydrogens (tertiary/aromatic N) is 3. The SMILES string of the molecule is N#CC(N)(Cn1cc(C(F)(F)F)cn1)c1ccccc1. The molecule has 2 aromatic rings. The van der Waals surface area contributed by atoms with Gasteiger partial charge in [-0.1, -0.05) is 30.3 Å². The Morgan fingerprint density at radius 2 is 1.85 bits per heavy atom. The van der Waals surface area contributed by atoms with Crippen LogP contribution in [0.1, 0.15) is 11.1 Å². The van der Waals surface area contributed by atoms with Crippen molar-refractivity contribution in [3.8, 4) is 6.07 Å². The average molecular weight is 280 g/mol. The minimum absolute atomic E-state index is 0.163. The summed E-state index contributed by atoms with van der Waals surface area (Å²) in [5.41, 5.74) is 4.18. The van der Waals surface area contributed by atoms with Crippen LogP contribution in [0.4, 0.5) is 13.2 Å². The minimum atomic E-state index is -4.46. The van der Waals surface area contributed by atoms with Gasteiger partial charge in [0.25, 0.3) is 0 Å². The van der Waals surface area contributed by atoms with Crippen LogP contribution >= 0.6 is 0 Å². The van der Waals surface area contributed by atoms with E-state index in [-0.39, 0.29) is 6.54 Å². The molecule has 0 bridgehead atoms. The lowest BCUT2D eigenvalue weighted by atomic mass is 9.93. The van der Waals surface area contributed by atoms with Crippen LogP contribution in [0.15, 0.2) is 42.7 Å². The Morgan fingerprint density at radius 1 is 1.20 bits per heavy atom. The quantitative estimate of drug-likeness (QED) is 0.937. The van der Waals surface area contributed by atoms with Crippen molar-refractivity contribution in [3.63, 3.8) is 0 Å². The molecule has 1 atom stereocenters. The Labute approximate surface area is 113 Å². The maximum atomic E-state index is 12.5. The van der Waals surface area contributed by atoms with E-state index in [4.69, 9.17) is 5.73 Å². The molecule has 0 aliphatic heterocycles. The molecule has 104 valence electrons. The lowest BCUT2D eigenvalue weighted by Gasteiger charge is -2.21. The van der Waals surface area contributed by atoms with Crippen molar-refractivity contribution >= 4 is 0 Å². The van der Waals surface area contributed by atoms with Crippen LogP contribution in [0.25, 0.3) is 0 Å². The highest BCUT2D eigenvalue weighted by Crippen LogP contribution is 2.29. The standard InChI is InChI=1S/C13H11F3N4/c14-13(15,16)11-6-19-20(7-11)9-12(18,8-17)10-4-2-1-3-5-10/h1-7H,9,18H2. The van der Waals surface area contributed by atoms with E-state index in [1.807, 2.05) is 6.07 Å². The second-order valence-corrected chi connectivity index (χ2v) is 4.37. The number of hydrogen-bond acceptors (Lipinski definition) is 3. The third-order valence-corrected chi connectivity index (χ3v) is 2.86. The minimum Gasteiger partial charge on any atom is -0.308 e. The molecule has 0 fully saturated rings. The Hall–Kier alpha value is -2.33. The summed E-state index contributed by atoms with van der Waals surface area (Å²) in [7, 11) is 0. The molecular weight excluding hydrogens is 269 g/mol. The number of alkyl halides is 3. The number of benzene rings is 1. The van der Waals surface area contributed by atoms with E-state index < -0.39 is 17.3 Å². The number of nitriles is 1. The molecule has 0 amide bonds. The zero-order valence-electron chi connectivity index (χ0n) is 10.3. The van der Waals surface area contributed by atoms with Gasteiger partial charge in [-0.25, -0.2) is 0 Å². The molecule has 0 aliphatic rings. The van der Waals surface area contributed by atoms with Crippen molar-refractivity contribution in [2.75, 3.05) is 0 Å². The molecule has 2 rings (SSSR count). The largest absolute Gasteiger partial charge is 0.419 e. The van der Waals surface area contributed by atoms with Crippen molar-refractivity contribution in [3.05, 3.63) is 53.9 Å². The summed E-state index contributed by atoms with van der Waals surface area (Å²) in [5.74, 6) is 0. The van der Waals surface area contributed by atoms with Gasteiger partial charge in [-0.15, -0.1) is 0 Å². The highest BCUT2D eigenvalue weighted by atomic mass is 19.4. The second-order valence-electron chi connectivity index (χ2n) is 4.37. The van der Waals surface area contributed by atoms with Crippen molar-refractivity contribution in [1.29, 1.82) is 5.26 Å². The fourth-order valence-corrected chi connectivity index (χ4v) is 1.78. The molecule has 1 aromatic heterocycles. The number of hydrogen-bond donors (Lipinski definition) is 1. The number of aromatic nitrogens is 2. The fraction of sp³-hybridized carbons (Fsp3) is 0.231. The molecule has 20 heavy (non-hydrogen) atoms. The Morgan fingerprint density at radius 3 is 2.35 bits per heavy atom. The molecule has 2 N–H and O–H groups in total. The highest BCUT2D eigenvalue weighted by Gasteiger charge is 2.34. The molecule has 4 nitrogen and oxygen atoms in total. The van der Waals surface area contributed by atoms with Gasteiger partial charge in [0.1, 0.15) is 5.54 Å². The molecule has 0 spiro atoms. The third kappa shape index (κ3) is 2.81. The van der Waals surface area contributed by atoms with E-state index in [1.165, 1.54) is 0 Å². The summed E-state index contributed by atoms with van der Waals surface area (Å²) in [4.78, 5) is 0. The number of rotatable bonds is 3. The molecule has 1 heterocycles. The Kier molecular flexibility index (Phi) is 3.51. The van der Waals surface area contributed by atoms with Gasteiger partial charge in [-0.05, 0) is 5.56 Å². The van der Waals surface area contributed by atoms with Crippen LogP contribution < -0.4 is 5.73 Å². The van der Waals surface area contributed by atoms with Gasteiger partial charge >= 0.3 is 6.18 Å². The molecule has 0 saturated carbocycles. The summed E-state index contributed by atoms with van der Waals surface area (Å²) < 4.78 is 38.5. The maximum absolute atomic E-state index is 12.5. The molecule has 1 unspecified atom stereocenters. The van der Waals surface area contributed by atoms with Crippen molar-refractivity contribution in [2.24, 2.45) is 5.73 Å². The molecule has 7 heteroatoms. The molecule has 0 saturated heterocycles. The van der Waals surface area contributed by atoms with Gasteiger partial charge in [-0.2, -0.15) is 23.5 Å². The molecule has 0 aliphatic carbocycles. The maximum Gasteiger partial charge on any atom is 0.419 e. The van der Waals surface area contributed by atoms with Crippen molar-refractivity contribution in [1.82, 2.24) is 9.78 Å². The summed E-state index contributed by atoms with van der Waals surface area (Å²) in [6.07, 6.45) is -2.92. The predicted octanol–water partition coefficient (Wildman–Crippen LogP) is 2.28. The second kappa shape index (κ2) is 4.98. The van der Waals surface area contributed by atoms with Crippen LogP contribution in [0.3, 0.4) is 0 Å². The van der Waals surface area contributed by atoms with Gasteiger partial charge in [-0.3, -0.25) is 4.68 Å². The van der Waals surface area contributed by atoms with Crippen LogP contribution in [-0.4, -0.2) is 9.78 Å². The summed E-state index contributed by atoms with van der Waals surface area (Å²) >= 11 is 0. The van der Waals surface area contributed by atoms with E-state index >= 15 is 0 Å². The summed E-state index contributed by atoms with van der Waals surface area (Å²) in [6, 6.07) is 10.4. The van der Waals surface area contributed by atoms with Crippen molar-refractivity contribution in [2.45, 2.75) is 18.3 Å². The zero-order chi connectivity index (χ0) is 14.8. The van der Waals surface area contributed by atoms with Crippen LogP contribution in [0.5, 0.6) is 0 Å². The molecular formula is C13H11F3N4. The lowest BCUT2D eigenvalue weighted by Crippen LogP contribution is -2.39. The van der Waals surface area contributed by atoms with Gasteiger partial charge in [0.05, 0.1) is 24.4 Å². The first-order valence-electron chi connectivity index (χ1n) is 5.70. The van der Waals surface area contributed by atoms with Gasteiger partial charge < -0.3 is 5.73 Å². The van der Waals surface area contributed by atoms with Gasteiger partial charge in [0, 0.05) is 6.20 Å². The van der Waals surface area contributed by atoms with E-state index in [9.17, 15) is 18.4 Å². The first kappa shape index (κ1) is 14.1. The normalized spacial score (nSPS) is 14.6. The monoisotopic (exact) mass is 280 g/mol. The number of halogens is 3. The molecule has 0 radical (unpaired) electrons. The first-order valence-corrected chi connectivity index (χ1v) is 5.70. The number of nitrogens with two attached hydrogens (primary N) is 1. The van der Waals surface area contributed by atoms with E-state index in [1.54, 1.807) is 30.3 Å². The van der Waals surface area contributed by atoms with Crippen LogP contribution in [-0.2, 0) is 18.3 Å². The fourth-order valence-electron chi connectivity index (χ4n) is 1.78. The topological polar surface area (TPSA) is 67.6 Å².